The second-order valence-electron chi connectivity index (χ2n) is 4.01. The van der Waals surface area contributed by atoms with Crippen LogP contribution in [0.2, 0.25) is 0 Å². The molecule has 0 rings (SSSR count). The van der Waals surface area contributed by atoms with Crippen molar-refractivity contribution in [2.75, 3.05) is 20.3 Å². The molecular formula is C11H24N2O2. The van der Waals surface area contributed by atoms with Gasteiger partial charge in [-0.2, -0.15) is 0 Å². The summed E-state index contributed by atoms with van der Waals surface area (Å²) in [4.78, 5) is 11.6. The first-order chi connectivity index (χ1) is 7.13. The summed E-state index contributed by atoms with van der Waals surface area (Å²) in [6, 6.07) is 0.220. The maximum absolute atomic E-state index is 11.6. The van der Waals surface area contributed by atoms with Gasteiger partial charge in [-0.3, -0.25) is 4.79 Å². The van der Waals surface area contributed by atoms with Crippen molar-refractivity contribution < 1.29 is 9.53 Å². The topological polar surface area (TPSA) is 64.3 Å². The predicted octanol–water partition coefficient (Wildman–Crippen LogP) is 0.903. The first-order valence-electron chi connectivity index (χ1n) is 5.62. The zero-order chi connectivity index (χ0) is 11.7. The van der Waals surface area contributed by atoms with E-state index in [1.807, 2.05) is 6.92 Å². The van der Waals surface area contributed by atoms with Crippen LogP contribution in [-0.2, 0) is 9.53 Å². The van der Waals surface area contributed by atoms with Gasteiger partial charge in [0.05, 0.1) is 0 Å². The molecule has 0 aliphatic carbocycles. The van der Waals surface area contributed by atoms with Gasteiger partial charge in [-0.15, -0.1) is 0 Å². The van der Waals surface area contributed by atoms with Crippen molar-refractivity contribution in [3.05, 3.63) is 0 Å². The molecule has 0 fully saturated rings. The van der Waals surface area contributed by atoms with Crippen LogP contribution in [0.3, 0.4) is 0 Å². The van der Waals surface area contributed by atoms with E-state index in [0.29, 0.717) is 19.6 Å². The Labute approximate surface area is 92.6 Å². The standard InChI is InChI=1S/C11H24N2O2/c1-4-10(5-6-12)13-11(14)7-9(2)8-15-3/h9-10H,4-8,12H2,1-3H3,(H,13,14). The molecule has 0 saturated heterocycles. The molecule has 0 bridgehead atoms. The van der Waals surface area contributed by atoms with E-state index in [9.17, 15) is 4.79 Å². The van der Waals surface area contributed by atoms with E-state index in [-0.39, 0.29) is 17.9 Å². The molecule has 2 atom stereocenters. The van der Waals surface area contributed by atoms with Crippen LogP contribution in [0.1, 0.15) is 33.1 Å². The van der Waals surface area contributed by atoms with Crippen molar-refractivity contribution in [3.63, 3.8) is 0 Å². The Morgan fingerprint density at radius 1 is 1.53 bits per heavy atom. The number of carbonyl (C=O) groups is 1. The fraction of sp³-hybridized carbons (Fsp3) is 0.909. The molecule has 0 aromatic heterocycles. The number of hydrogen-bond acceptors (Lipinski definition) is 3. The number of carbonyl (C=O) groups excluding carboxylic acids is 1. The molecule has 0 radical (unpaired) electrons. The van der Waals surface area contributed by atoms with Crippen molar-refractivity contribution in [3.8, 4) is 0 Å². The van der Waals surface area contributed by atoms with Gasteiger partial charge in [0.2, 0.25) is 5.91 Å². The molecule has 0 aliphatic rings. The van der Waals surface area contributed by atoms with Crippen LogP contribution in [0.15, 0.2) is 0 Å². The number of nitrogens with one attached hydrogen (secondary N) is 1. The lowest BCUT2D eigenvalue weighted by Crippen LogP contribution is -2.36. The molecule has 0 aromatic rings. The summed E-state index contributed by atoms with van der Waals surface area (Å²) in [5.41, 5.74) is 5.46. The van der Waals surface area contributed by atoms with Gasteiger partial charge < -0.3 is 15.8 Å². The summed E-state index contributed by atoms with van der Waals surface area (Å²) >= 11 is 0. The predicted molar refractivity (Wildman–Crippen MR) is 61.6 cm³/mol. The zero-order valence-electron chi connectivity index (χ0n) is 10.1. The number of hydrogen-bond donors (Lipinski definition) is 2. The summed E-state index contributed by atoms with van der Waals surface area (Å²) in [5.74, 6) is 0.366. The van der Waals surface area contributed by atoms with Crippen molar-refractivity contribution >= 4 is 5.91 Å². The first kappa shape index (κ1) is 14.4. The minimum absolute atomic E-state index is 0.0971. The Kier molecular flexibility index (Phi) is 8.33. The van der Waals surface area contributed by atoms with Gasteiger partial charge in [0.1, 0.15) is 0 Å². The van der Waals surface area contributed by atoms with E-state index in [1.54, 1.807) is 7.11 Å². The van der Waals surface area contributed by atoms with E-state index < -0.39 is 0 Å². The quantitative estimate of drug-likeness (QED) is 0.633. The molecule has 0 saturated carbocycles. The Bertz CT molecular complexity index is 174. The van der Waals surface area contributed by atoms with E-state index >= 15 is 0 Å². The minimum Gasteiger partial charge on any atom is -0.384 e. The van der Waals surface area contributed by atoms with Gasteiger partial charge in [-0.1, -0.05) is 13.8 Å². The molecule has 90 valence electrons. The number of amides is 1. The van der Waals surface area contributed by atoms with E-state index in [1.165, 1.54) is 0 Å². The van der Waals surface area contributed by atoms with Gasteiger partial charge in [0, 0.05) is 26.2 Å². The van der Waals surface area contributed by atoms with Gasteiger partial charge >= 0.3 is 0 Å². The Morgan fingerprint density at radius 2 is 2.20 bits per heavy atom. The third-order valence-corrected chi connectivity index (χ3v) is 2.36. The molecule has 0 spiro atoms. The lowest BCUT2D eigenvalue weighted by molar-refractivity contribution is -0.123. The first-order valence-corrected chi connectivity index (χ1v) is 5.62. The van der Waals surface area contributed by atoms with Crippen LogP contribution in [-0.4, -0.2) is 32.2 Å². The number of ether oxygens (including phenoxy) is 1. The molecule has 2 unspecified atom stereocenters. The number of methoxy groups -OCH3 is 1. The second-order valence-corrected chi connectivity index (χ2v) is 4.01. The van der Waals surface area contributed by atoms with E-state index in [0.717, 1.165) is 12.8 Å². The highest BCUT2D eigenvalue weighted by Crippen LogP contribution is 2.03. The fourth-order valence-corrected chi connectivity index (χ4v) is 1.53. The van der Waals surface area contributed by atoms with Gasteiger partial charge in [0.25, 0.3) is 0 Å². The van der Waals surface area contributed by atoms with Crippen LogP contribution in [0.25, 0.3) is 0 Å². The Morgan fingerprint density at radius 3 is 2.67 bits per heavy atom. The van der Waals surface area contributed by atoms with Gasteiger partial charge in [0.15, 0.2) is 0 Å². The largest absolute Gasteiger partial charge is 0.384 e. The highest BCUT2D eigenvalue weighted by molar-refractivity contribution is 5.76. The molecular weight excluding hydrogens is 192 g/mol. The lowest BCUT2D eigenvalue weighted by atomic mass is 10.1. The van der Waals surface area contributed by atoms with Crippen LogP contribution >= 0.6 is 0 Å². The maximum atomic E-state index is 11.6. The molecule has 4 nitrogen and oxygen atoms in total. The van der Waals surface area contributed by atoms with Crippen LogP contribution < -0.4 is 11.1 Å². The lowest BCUT2D eigenvalue weighted by Gasteiger charge is -2.17. The average molecular weight is 216 g/mol. The molecule has 1 amide bonds. The van der Waals surface area contributed by atoms with Crippen molar-refractivity contribution in [1.82, 2.24) is 5.32 Å². The molecule has 0 aromatic carbocycles. The summed E-state index contributed by atoms with van der Waals surface area (Å²) in [7, 11) is 1.65. The van der Waals surface area contributed by atoms with Gasteiger partial charge in [-0.05, 0) is 25.3 Å². The van der Waals surface area contributed by atoms with Gasteiger partial charge in [-0.25, -0.2) is 0 Å². The smallest absolute Gasteiger partial charge is 0.220 e. The second kappa shape index (κ2) is 8.68. The van der Waals surface area contributed by atoms with Crippen LogP contribution in [0, 0.1) is 5.92 Å². The minimum atomic E-state index is 0.0971. The summed E-state index contributed by atoms with van der Waals surface area (Å²) in [5, 5.41) is 2.98. The maximum Gasteiger partial charge on any atom is 0.220 e. The van der Waals surface area contributed by atoms with Crippen molar-refractivity contribution in [2.24, 2.45) is 11.7 Å². The summed E-state index contributed by atoms with van der Waals surface area (Å²) < 4.78 is 4.98. The zero-order valence-corrected chi connectivity index (χ0v) is 10.1. The molecule has 3 N–H and O–H groups in total. The molecule has 0 aliphatic heterocycles. The molecule has 15 heavy (non-hydrogen) atoms. The number of rotatable bonds is 8. The molecule has 0 heterocycles. The SMILES string of the molecule is CCC(CCN)NC(=O)CC(C)COC. The monoisotopic (exact) mass is 216 g/mol. The highest BCUT2D eigenvalue weighted by atomic mass is 16.5. The third kappa shape index (κ3) is 7.33. The van der Waals surface area contributed by atoms with E-state index in [4.69, 9.17) is 10.5 Å². The Balaban J connectivity index is 3.79. The van der Waals surface area contributed by atoms with Crippen LogP contribution in [0.5, 0.6) is 0 Å². The normalized spacial score (nSPS) is 14.7. The third-order valence-electron chi connectivity index (χ3n) is 2.36. The Hall–Kier alpha value is -0.610. The van der Waals surface area contributed by atoms with Crippen molar-refractivity contribution in [2.45, 2.75) is 39.2 Å². The molecule has 4 heteroatoms. The van der Waals surface area contributed by atoms with Crippen LogP contribution in [0.4, 0.5) is 0 Å². The highest BCUT2D eigenvalue weighted by Gasteiger charge is 2.12. The fourth-order valence-electron chi connectivity index (χ4n) is 1.53. The van der Waals surface area contributed by atoms with E-state index in [2.05, 4.69) is 12.2 Å². The summed E-state index contributed by atoms with van der Waals surface area (Å²) in [6.45, 7) is 5.31. The summed E-state index contributed by atoms with van der Waals surface area (Å²) in [6.07, 6.45) is 2.30. The van der Waals surface area contributed by atoms with Crippen molar-refractivity contribution in [1.29, 1.82) is 0 Å². The average Bonchev–Trinajstić information content (AvgIpc) is 2.17. The number of nitrogens with two attached hydrogens (primary N) is 1.